The molecule has 0 bridgehead atoms. The molecular formula is C20H25N3O4S. The van der Waals surface area contributed by atoms with Gasteiger partial charge >= 0.3 is 6.09 Å². The first kappa shape index (κ1) is 21.7. The Balaban J connectivity index is 1.95. The molecule has 0 radical (unpaired) electrons. The molecular weight excluding hydrogens is 378 g/mol. The van der Waals surface area contributed by atoms with Crippen LogP contribution in [0.25, 0.3) is 0 Å². The third-order valence-corrected chi connectivity index (χ3v) is 5.21. The van der Waals surface area contributed by atoms with Crippen molar-refractivity contribution in [2.45, 2.75) is 17.4 Å². The van der Waals surface area contributed by atoms with Gasteiger partial charge in [-0.3, -0.25) is 10.1 Å². The fraction of sp³-hybridized carbons (Fsp3) is 0.350. The molecule has 0 spiro atoms. The summed E-state index contributed by atoms with van der Waals surface area (Å²) < 4.78 is 5.26. The molecule has 0 aromatic heterocycles. The van der Waals surface area contributed by atoms with Crippen molar-refractivity contribution in [1.29, 1.82) is 0 Å². The molecule has 0 aliphatic heterocycles. The van der Waals surface area contributed by atoms with Gasteiger partial charge in [-0.2, -0.15) is 0 Å². The molecule has 2 rings (SSSR count). The van der Waals surface area contributed by atoms with Crippen LogP contribution < -0.4 is 4.74 Å². The highest BCUT2D eigenvalue weighted by Gasteiger charge is 2.15. The van der Waals surface area contributed by atoms with Crippen molar-refractivity contribution in [1.82, 2.24) is 9.80 Å². The van der Waals surface area contributed by atoms with Crippen molar-refractivity contribution in [3.8, 4) is 5.75 Å². The van der Waals surface area contributed by atoms with Crippen molar-refractivity contribution in [3.05, 3.63) is 64.2 Å². The lowest BCUT2D eigenvalue weighted by molar-refractivity contribution is -0.384. The zero-order valence-electron chi connectivity index (χ0n) is 16.5. The average Bonchev–Trinajstić information content (AvgIpc) is 2.66. The molecule has 0 aliphatic rings. The van der Waals surface area contributed by atoms with Crippen LogP contribution >= 0.6 is 11.8 Å². The van der Waals surface area contributed by atoms with Crippen LogP contribution in [0.15, 0.2) is 53.4 Å². The van der Waals surface area contributed by atoms with Gasteiger partial charge in [0, 0.05) is 37.2 Å². The maximum atomic E-state index is 11.6. The highest BCUT2D eigenvalue weighted by atomic mass is 32.2. The number of non-ortho nitro benzene ring substituents is 1. The Morgan fingerprint density at radius 2 is 1.68 bits per heavy atom. The molecule has 2 aromatic rings. The molecule has 150 valence electrons. The second-order valence-corrected chi connectivity index (χ2v) is 7.87. The van der Waals surface area contributed by atoms with E-state index in [1.54, 1.807) is 50.1 Å². The van der Waals surface area contributed by atoms with Crippen LogP contribution in [0.5, 0.6) is 5.75 Å². The Kier molecular flexibility index (Phi) is 7.83. The number of hydrogen-bond acceptors (Lipinski definition) is 6. The molecule has 8 heteroatoms. The van der Waals surface area contributed by atoms with Gasteiger partial charge < -0.3 is 14.5 Å². The van der Waals surface area contributed by atoms with E-state index in [0.29, 0.717) is 5.75 Å². The van der Waals surface area contributed by atoms with Crippen LogP contribution in [0.1, 0.15) is 18.0 Å². The maximum absolute atomic E-state index is 11.6. The van der Waals surface area contributed by atoms with Gasteiger partial charge in [0.15, 0.2) is 0 Å². The number of benzene rings is 2. The van der Waals surface area contributed by atoms with E-state index in [1.807, 2.05) is 26.2 Å². The van der Waals surface area contributed by atoms with Crippen LogP contribution in [-0.4, -0.2) is 54.8 Å². The van der Waals surface area contributed by atoms with Gasteiger partial charge in [0.05, 0.1) is 4.92 Å². The Morgan fingerprint density at radius 1 is 1.07 bits per heavy atom. The van der Waals surface area contributed by atoms with E-state index in [2.05, 4.69) is 4.90 Å². The zero-order valence-corrected chi connectivity index (χ0v) is 17.3. The number of rotatable bonds is 8. The number of nitrogens with zero attached hydrogens (tertiary/aromatic N) is 3. The second kappa shape index (κ2) is 10.1. The molecule has 2 aromatic carbocycles. The first-order valence-corrected chi connectivity index (χ1v) is 9.79. The van der Waals surface area contributed by atoms with E-state index in [1.165, 1.54) is 17.0 Å². The third-order valence-electron chi connectivity index (χ3n) is 4.17. The van der Waals surface area contributed by atoms with Crippen molar-refractivity contribution in [2.75, 3.05) is 33.9 Å². The predicted octanol–water partition coefficient (Wildman–Crippen LogP) is 4.44. The fourth-order valence-electron chi connectivity index (χ4n) is 2.63. The fourth-order valence-corrected chi connectivity index (χ4v) is 3.53. The minimum atomic E-state index is -0.406. The monoisotopic (exact) mass is 403 g/mol. The largest absolute Gasteiger partial charge is 0.414 e. The lowest BCUT2D eigenvalue weighted by Crippen LogP contribution is -2.25. The second-order valence-electron chi connectivity index (χ2n) is 6.70. The Labute approximate surface area is 169 Å². The molecule has 1 unspecified atom stereocenters. The van der Waals surface area contributed by atoms with Gasteiger partial charge in [-0.1, -0.05) is 12.1 Å². The van der Waals surface area contributed by atoms with Gasteiger partial charge in [-0.15, -0.1) is 11.8 Å². The Morgan fingerprint density at radius 3 is 2.18 bits per heavy atom. The Hall–Kier alpha value is -2.58. The highest BCUT2D eigenvalue weighted by molar-refractivity contribution is 7.99. The lowest BCUT2D eigenvalue weighted by Gasteiger charge is -2.25. The third kappa shape index (κ3) is 6.24. The van der Waals surface area contributed by atoms with Crippen molar-refractivity contribution >= 4 is 23.5 Å². The van der Waals surface area contributed by atoms with Gasteiger partial charge in [0.25, 0.3) is 5.69 Å². The van der Waals surface area contributed by atoms with Crippen LogP contribution in [0.2, 0.25) is 0 Å². The van der Waals surface area contributed by atoms with Crippen LogP contribution in [0.4, 0.5) is 10.5 Å². The topological polar surface area (TPSA) is 75.9 Å². The smallest absolute Gasteiger partial charge is 0.410 e. The standard InChI is InChI=1S/C20H25N3O4S/c1-21(2)19(13-14-28-18-11-7-16(8-12-18)23(25)26)15-5-9-17(10-6-15)27-20(24)22(3)4/h5-12,19H,13-14H2,1-4H3. The van der Waals surface area contributed by atoms with Gasteiger partial charge in [-0.25, -0.2) is 4.79 Å². The zero-order chi connectivity index (χ0) is 20.7. The quantitative estimate of drug-likeness (QED) is 0.368. The van der Waals surface area contributed by atoms with E-state index in [-0.39, 0.29) is 11.7 Å². The van der Waals surface area contributed by atoms with Gasteiger partial charge in [0.2, 0.25) is 0 Å². The minimum absolute atomic E-state index is 0.102. The molecule has 28 heavy (non-hydrogen) atoms. The predicted molar refractivity (Wildman–Crippen MR) is 111 cm³/mol. The van der Waals surface area contributed by atoms with Gasteiger partial charge in [-0.05, 0) is 56.1 Å². The van der Waals surface area contributed by atoms with Crippen LogP contribution in [0, 0.1) is 10.1 Å². The number of ether oxygens (including phenoxy) is 1. The molecule has 1 atom stereocenters. The number of carbonyl (C=O) groups excluding carboxylic acids is 1. The minimum Gasteiger partial charge on any atom is -0.410 e. The summed E-state index contributed by atoms with van der Waals surface area (Å²) in [6.45, 7) is 0. The molecule has 7 nitrogen and oxygen atoms in total. The molecule has 0 N–H and O–H groups in total. The first-order chi connectivity index (χ1) is 13.3. The first-order valence-electron chi connectivity index (χ1n) is 8.80. The number of nitro benzene ring substituents is 1. The summed E-state index contributed by atoms with van der Waals surface area (Å²) in [5.74, 6) is 1.39. The number of hydrogen-bond donors (Lipinski definition) is 0. The summed E-state index contributed by atoms with van der Waals surface area (Å²) in [6, 6.07) is 14.4. The molecule has 0 aliphatic carbocycles. The molecule has 1 amide bonds. The number of nitro groups is 1. The van der Waals surface area contributed by atoms with Crippen molar-refractivity contribution < 1.29 is 14.5 Å². The summed E-state index contributed by atoms with van der Waals surface area (Å²) in [4.78, 5) is 26.5. The normalized spacial score (nSPS) is 11.9. The SMILES string of the molecule is CN(C)C(=O)Oc1ccc(C(CCSc2ccc([N+](=O)[O-])cc2)N(C)C)cc1. The summed E-state index contributed by atoms with van der Waals surface area (Å²) in [5, 5.41) is 10.7. The highest BCUT2D eigenvalue weighted by Crippen LogP contribution is 2.29. The number of amides is 1. The van der Waals surface area contributed by atoms with E-state index < -0.39 is 11.0 Å². The van der Waals surface area contributed by atoms with E-state index >= 15 is 0 Å². The number of carbonyl (C=O) groups is 1. The Bertz CT molecular complexity index is 792. The summed E-state index contributed by atoms with van der Waals surface area (Å²) >= 11 is 1.67. The van der Waals surface area contributed by atoms with E-state index in [4.69, 9.17) is 4.74 Å². The number of thioether (sulfide) groups is 1. The molecule has 0 saturated carbocycles. The summed E-state index contributed by atoms with van der Waals surface area (Å²) in [7, 11) is 7.34. The average molecular weight is 404 g/mol. The van der Waals surface area contributed by atoms with Crippen LogP contribution in [0.3, 0.4) is 0 Å². The van der Waals surface area contributed by atoms with Crippen molar-refractivity contribution in [3.63, 3.8) is 0 Å². The van der Waals surface area contributed by atoms with E-state index in [9.17, 15) is 14.9 Å². The van der Waals surface area contributed by atoms with Gasteiger partial charge in [0.1, 0.15) is 5.75 Å². The molecule has 0 heterocycles. The maximum Gasteiger partial charge on any atom is 0.414 e. The summed E-state index contributed by atoms with van der Waals surface area (Å²) in [6.07, 6.45) is 0.502. The lowest BCUT2D eigenvalue weighted by atomic mass is 10.0. The van der Waals surface area contributed by atoms with E-state index in [0.717, 1.165) is 22.6 Å². The molecule has 0 fully saturated rings. The van der Waals surface area contributed by atoms with Crippen LogP contribution in [-0.2, 0) is 0 Å². The van der Waals surface area contributed by atoms with Crippen molar-refractivity contribution in [2.24, 2.45) is 0 Å². The summed E-state index contributed by atoms with van der Waals surface area (Å²) in [5.41, 5.74) is 1.24. The molecule has 0 saturated heterocycles.